The lowest BCUT2D eigenvalue weighted by Gasteiger charge is -2.39. The molecule has 0 radical (unpaired) electrons. The van der Waals surface area contributed by atoms with E-state index >= 15 is 0 Å². The molecule has 2 aromatic rings. The predicted octanol–water partition coefficient (Wildman–Crippen LogP) is 3.53. The molecule has 29 heavy (non-hydrogen) atoms. The molecule has 2 N–H and O–H groups in total. The van der Waals surface area contributed by atoms with Crippen molar-refractivity contribution in [3.8, 4) is 5.75 Å². The molecular formula is C23H31N3O2S. The fourth-order valence-corrected chi connectivity index (χ4v) is 5.24. The van der Waals surface area contributed by atoms with Gasteiger partial charge in [0.2, 0.25) is 0 Å². The summed E-state index contributed by atoms with van der Waals surface area (Å²) in [6.45, 7) is 7.03. The molecule has 2 aliphatic heterocycles. The van der Waals surface area contributed by atoms with Crippen molar-refractivity contribution in [1.82, 2.24) is 8.61 Å². The first-order chi connectivity index (χ1) is 14.3. The van der Waals surface area contributed by atoms with Gasteiger partial charge in [0.15, 0.2) is 0 Å². The predicted molar refractivity (Wildman–Crippen MR) is 119 cm³/mol. The quantitative estimate of drug-likeness (QED) is 0.701. The molecule has 6 heteroatoms. The van der Waals surface area contributed by atoms with Crippen molar-refractivity contribution < 1.29 is 9.47 Å². The zero-order chi connectivity index (χ0) is 19.9. The molecule has 0 bridgehead atoms. The Morgan fingerprint density at radius 3 is 2.62 bits per heavy atom. The first-order valence-corrected chi connectivity index (χ1v) is 11.3. The molecular weight excluding hydrogens is 382 g/mol. The van der Waals surface area contributed by atoms with Gasteiger partial charge in [-0.25, -0.2) is 8.61 Å². The molecule has 0 aliphatic carbocycles. The van der Waals surface area contributed by atoms with Crippen molar-refractivity contribution in [1.29, 1.82) is 0 Å². The van der Waals surface area contributed by atoms with Gasteiger partial charge < -0.3 is 15.2 Å². The van der Waals surface area contributed by atoms with Crippen LogP contribution in [0.5, 0.6) is 5.75 Å². The van der Waals surface area contributed by atoms with E-state index in [9.17, 15) is 0 Å². The molecule has 2 saturated heterocycles. The summed E-state index contributed by atoms with van der Waals surface area (Å²) in [7, 11) is 0. The fraction of sp³-hybridized carbons (Fsp3) is 0.478. The first-order valence-electron chi connectivity index (χ1n) is 10.5. The standard InChI is InChI=1S/C23H31N3O2S/c24-15-19-5-4-8-23(14-19)28-18-20-13-22(21-6-2-1-3-7-21)17-26(16-20)29-25-9-11-27-12-10-25/h1-8,14,20,22H,9-13,15-18,24H2. The van der Waals surface area contributed by atoms with E-state index in [0.29, 0.717) is 18.4 Å². The highest BCUT2D eigenvalue weighted by molar-refractivity contribution is 7.94. The summed E-state index contributed by atoms with van der Waals surface area (Å²) in [5.74, 6) is 1.94. The smallest absolute Gasteiger partial charge is 0.119 e. The van der Waals surface area contributed by atoms with Gasteiger partial charge >= 0.3 is 0 Å². The highest BCUT2D eigenvalue weighted by atomic mass is 32.2. The molecule has 0 aromatic heterocycles. The van der Waals surface area contributed by atoms with Gasteiger partial charge in [-0.15, -0.1) is 0 Å². The number of hydrogen-bond acceptors (Lipinski definition) is 6. The van der Waals surface area contributed by atoms with Crippen LogP contribution in [0.2, 0.25) is 0 Å². The van der Waals surface area contributed by atoms with Gasteiger partial charge in [0.1, 0.15) is 5.75 Å². The molecule has 156 valence electrons. The zero-order valence-corrected chi connectivity index (χ0v) is 17.7. The van der Waals surface area contributed by atoms with Crippen LogP contribution in [0.4, 0.5) is 0 Å². The van der Waals surface area contributed by atoms with Crippen LogP contribution in [0.25, 0.3) is 0 Å². The maximum absolute atomic E-state index is 6.19. The summed E-state index contributed by atoms with van der Waals surface area (Å²) >= 11 is 1.89. The normalized spacial score (nSPS) is 23.8. The number of hydrogen-bond donors (Lipinski definition) is 1. The Morgan fingerprint density at radius 1 is 1.00 bits per heavy atom. The molecule has 0 saturated carbocycles. The van der Waals surface area contributed by atoms with E-state index < -0.39 is 0 Å². The maximum atomic E-state index is 6.19. The fourth-order valence-electron chi connectivity index (χ4n) is 4.08. The van der Waals surface area contributed by atoms with Crippen molar-refractivity contribution in [2.45, 2.75) is 18.9 Å². The largest absolute Gasteiger partial charge is 0.493 e. The SMILES string of the molecule is NCc1cccc(OCC2CC(c3ccccc3)CN(SN3CCOCC3)C2)c1. The van der Waals surface area contributed by atoms with E-state index in [4.69, 9.17) is 15.2 Å². The van der Waals surface area contributed by atoms with Gasteiger partial charge in [-0.2, -0.15) is 0 Å². The minimum atomic E-state index is 0.490. The summed E-state index contributed by atoms with van der Waals surface area (Å²) in [6.07, 6.45) is 1.15. The lowest BCUT2D eigenvalue weighted by molar-refractivity contribution is 0.0745. The van der Waals surface area contributed by atoms with E-state index in [0.717, 1.165) is 63.7 Å². The lowest BCUT2D eigenvalue weighted by atomic mass is 9.86. The number of benzene rings is 2. The Morgan fingerprint density at radius 2 is 1.83 bits per heavy atom. The van der Waals surface area contributed by atoms with Crippen LogP contribution in [-0.2, 0) is 11.3 Å². The Labute approximate surface area is 178 Å². The monoisotopic (exact) mass is 413 g/mol. The van der Waals surface area contributed by atoms with Crippen molar-refractivity contribution in [2.75, 3.05) is 46.0 Å². The van der Waals surface area contributed by atoms with Crippen LogP contribution in [0.1, 0.15) is 23.5 Å². The van der Waals surface area contributed by atoms with Crippen LogP contribution in [0, 0.1) is 5.92 Å². The van der Waals surface area contributed by atoms with Crippen LogP contribution >= 0.6 is 12.1 Å². The average Bonchev–Trinajstić information content (AvgIpc) is 2.79. The van der Waals surface area contributed by atoms with Crippen molar-refractivity contribution in [3.05, 3.63) is 65.7 Å². The van der Waals surface area contributed by atoms with Gasteiger partial charge in [0, 0.05) is 50.8 Å². The number of ether oxygens (including phenoxy) is 2. The number of rotatable bonds is 7. The van der Waals surface area contributed by atoms with Crippen molar-refractivity contribution in [2.24, 2.45) is 11.7 Å². The average molecular weight is 414 g/mol. The summed E-state index contributed by atoms with van der Waals surface area (Å²) in [4.78, 5) is 0. The summed E-state index contributed by atoms with van der Waals surface area (Å²) in [5.41, 5.74) is 8.30. The second kappa shape index (κ2) is 10.5. The third kappa shape index (κ3) is 5.96. The maximum Gasteiger partial charge on any atom is 0.119 e. The number of nitrogens with two attached hydrogens (primary N) is 1. The minimum Gasteiger partial charge on any atom is -0.493 e. The third-order valence-corrected chi connectivity index (χ3v) is 6.72. The Bertz CT molecular complexity index is 755. The Balaban J connectivity index is 1.41. The van der Waals surface area contributed by atoms with Crippen LogP contribution < -0.4 is 10.5 Å². The number of piperidine rings is 1. The van der Waals surface area contributed by atoms with E-state index in [1.54, 1.807) is 0 Å². The van der Waals surface area contributed by atoms with Crippen LogP contribution in [0.15, 0.2) is 54.6 Å². The summed E-state index contributed by atoms with van der Waals surface area (Å²) < 4.78 is 16.6. The highest BCUT2D eigenvalue weighted by Gasteiger charge is 2.30. The Hall–Kier alpha value is -1.57. The van der Waals surface area contributed by atoms with Gasteiger partial charge in [-0.1, -0.05) is 42.5 Å². The zero-order valence-electron chi connectivity index (χ0n) is 16.9. The lowest BCUT2D eigenvalue weighted by Crippen LogP contribution is -2.42. The van der Waals surface area contributed by atoms with E-state index in [-0.39, 0.29) is 0 Å². The molecule has 4 rings (SSSR count). The molecule has 2 fully saturated rings. The van der Waals surface area contributed by atoms with Gasteiger partial charge in [0.25, 0.3) is 0 Å². The molecule has 2 heterocycles. The topological polar surface area (TPSA) is 51.0 Å². The van der Waals surface area contributed by atoms with Crippen LogP contribution in [0.3, 0.4) is 0 Å². The van der Waals surface area contributed by atoms with Crippen molar-refractivity contribution >= 4 is 12.1 Å². The second-order valence-electron chi connectivity index (χ2n) is 7.84. The van der Waals surface area contributed by atoms with Crippen molar-refractivity contribution in [3.63, 3.8) is 0 Å². The summed E-state index contributed by atoms with van der Waals surface area (Å²) in [6, 6.07) is 19.0. The molecule has 0 amide bonds. The van der Waals surface area contributed by atoms with E-state index in [1.807, 2.05) is 30.3 Å². The van der Waals surface area contributed by atoms with Gasteiger partial charge in [-0.05, 0) is 35.6 Å². The molecule has 2 unspecified atom stereocenters. The highest BCUT2D eigenvalue weighted by Crippen LogP contribution is 2.34. The summed E-state index contributed by atoms with van der Waals surface area (Å²) in [5, 5.41) is 0. The number of morpholine rings is 1. The molecule has 2 aliphatic rings. The third-order valence-electron chi connectivity index (χ3n) is 5.60. The first kappa shape index (κ1) is 20.7. The van der Waals surface area contributed by atoms with Gasteiger partial charge in [-0.3, -0.25) is 0 Å². The molecule has 2 aromatic carbocycles. The second-order valence-corrected chi connectivity index (χ2v) is 9.04. The van der Waals surface area contributed by atoms with Crippen LogP contribution in [-0.4, -0.2) is 54.6 Å². The molecule has 0 spiro atoms. The van der Waals surface area contributed by atoms with Gasteiger partial charge in [0.05, 0.1) is 19.8 Å². The molecule has 2 atom stereocenters. The van der Waals surface area contributed by atoms with E-state index in [2.05, 4.69) is 45.0 Å². The minimum absolute atomic E-state index is 0.490. The van der Waals surface area contributed by atoms with E-state index in [1.165, 1.54) is 5.56 Å². The Kier molecular flexibility index (Phi) is 7.46. The number of nitrogens with zero attached hydrogens (tertiary/aromatic N) is 2. The molecule has 5 nitrogen and oxygen atoms in total.